The van der Waals surface area contributed by atoms with Crippen molar-refractivity contribution < 1.29 is 21.8 Å². The molecule has 0 spiro atoms. The van der Waals surface area contributed by atoms with E-state index >= 15 is 0 Å². The van der Waals surface area contributed by atoms with Crippen molar-refractivity contribution in [2.45, 2.75) is 52.1 Å². The fourth-order valence-electron chi connectivity index (χ4n) is 2.49. The molecular formula is C21H27FN2O4S. The molecule has 0 aliphatic heterocycles. The Morgan fingerprint density at radius 1 is 1.03 bits per heavy atom. The third kappa shape index (κ3) is 7.05. The van der Waals surface area contributed by atoms with E-state index in [2.05, 4.69) is 5.32 Å². The first kappa shape index (κ1) is 22.7. The molecule has 2 rings (SSSR count). The van der Waals surface area contributed by atoms with Gasteiger partial charge in [0.25, 0.3) is 0 Å². The average Bonchev–Trinajstić information content (AvgIpc) is 2.62. The van der Waals surface area contributed by atoms with Crippen LogP contribution in [0.5, 0.6) is 5.75 Å². The second-order valence-corrected chi connectivity index (χ2v) is 9.45. The van der Waals surface area contributed by atoms with Gasteiger partial charge in [-0.2, -0.15) is 8.42 Å². The third-order valence-corrected chi connectivity index (χ3v) is 5.63. The van der Waals surface area contributed by atoms with Crippen LogP contribution in [0.15, 0.2) is 48.5 Å². The maximum atomic E-state index is 13.2. The maximum absolute atomic E-state index is 13.2. The number of carbonyl (C=O) groups is 1. The Morgan fingerprint density at radius 2 is 1.66 bits per heavy atom. The van der Waals surface area contributed by atoms with Crippen LogP contribution in [0.1, 0.15) is 38.8 Å². The van der Waals surface area contributed by atoms with E-state index in [0.717, 1.165) is 5.56 Å². The van der Waals surface area contributed by atoms with Gasteiger partial charge in [-0.05, 0) is 63.1 Å². The topological polar surface area (TPSA) is 75.7 Å². The monoisotopic (exact) mass is 422 g/mol. The molecule has 158 valence electrons. The Balaban J connectivity index is 2.22. The van der Waals surface area contributed by atoms with Crippen LogP contribution in [-0.4, -0.2) is 30.6 Å². The number of halogens is 1. The lowest BCUT2D eigenvalue weighted by Crippen LogP contribution is -2.42. The molecule has 0 aromatic heterocycles. The summed E-state index contributed by atoms with van der Waals surface area (Å²) in [6.07, 6.45) is 0. The zero-order valence-corrected chi connectivity index (χ0v) is 17.9. The van der Waals surface area contributed by atoms with Gasteiger partial charge >= 0.3 is 16.1 Å². The van der Waals surface area contributed by atoms with Crippen LogP contribution in [-0.2, 0) is 23.2 Å². The molecule has 0 radical (unpaired) electrons. The number of benzene rings is 2. The van der Waals surface area contributed by atoms with E-state index in [0.29, 0.717) is 5.56 Å². The Bertz CT molecular complexity index is 928. The molecular weight excluding hydrogens is 395 g/mol. The normalized spacial score (nSPS) is 11.6. The molecule has 0 heterocycles. The number of carbonyl (C=O) groups excluding carboxylic acids is 1. The van der Waals surface area contributed by atoms with Crippen molar-refractivity contribution in [2.24, 2.45) is 0 Å². The first-order valence-corrected chi connectivity index (χ1v) is 10.9. The second-order valence-electron chi connectivity index (χ2n) is 7.36. The molecule has 0 saturated heterocycles. The second kappa shape index (κ2) is 9.73. The fraction of sp³-hybridized carbons (Fsp3) is 0.381. The van der Waals surface area contributed by atoms with Gasteiger partial charge in [-0.25, -0.2) is 9.18 Å². The van der Waals surface area contributed by atoms with Gasteiger partial charge in [0.15, 0.2) is 0 Å². The Hall–Kier alpha value is -2.61. The summed E-state index contributed by atoms with van der Waals surface area (Å²) in [4.78, 5) is 14.2. The van der Waals surface area contributed by atoms with Crippen molar-refractivity contribution in [2.75, 3.05) is 0 Å². The standard InChI is InChI=1S/C21H27FN2O4S/c1-15(2)23-21(25)24(13-17-8-10-19(22)11-9-17)14-18-6-5-7-20(12-18)28-29(26,27)16(3)4/h5-12,15-16H,13-14H2,1-4H3,(H,23,25). The van der Waals surface area contributed by atoms with Gasteiger partial charge in [0.05, 0.1) is 5.25 Å². The van der Waals surface area contributed by atoms with Gasteiger partial charge in [0, 0.05) is 19.1 Å². The first-order chi connectivity index (χ1) is 13.6. The number of rotatable bonds is 8. The van der Waals surface area contributed by atoms with Gasteiger partial charge < -0.3 is 14.4 Å². The quantitative estimate of drug-likeness (QED) is 0.651. The summed E-state index contributed by atoms with van der Waals surface area (Å²) >= 11 is 0. The predicted octanol–water partition coefficient (Wildman–Crippen LogP) is 4.06. The number of urea groups is 1. The van der Waals surface area contributed by atoms with Crippen LogP contribution in [0, 0.1) is 5.82 Å². The smallest absolute Gasteiger partial charge is 0.318 e. The highest BCUT2D eigenvalue weighted by molar-refractivity contribution is 7.87. The molecule has 0 unspecified atom stereocenters. The molecule has 29 heavy (non-hydrogen) atoms. The fourth-order valence-corrected chi connectivity index (χ4v) is 3.06. The molecule has 2 aromatic carbocycles. The highest BCUT2D eigenvalue weighted by atomic mass is 32.2. The summed E-state index contributed by atoms with van der Waals surface area (Å²) in [6, 6.07) is 12.2. The highest BCUT2D eigenvalue weighted by Gasteiger charge is 2.19. The van der Waals surface area contributed by atoms with Crippen molar-refractivity contribution in [3.63, 3.8) is 0 Å². The summed E-state index contributed by atoms with van der Waals surface area (Å²) in [6.45, 7) is 7.31. The zero-order chi connectivity index (χ0) is 21.6. The van der Waals surface area contributed by atoms with E-state index in [4.69, 9.17) is 4.18 Å². The van der Waals surface area contributed by atoms with Crippen molar-refractivity contribution in [1.29, 1.82) is 0 Å². The van der Waals surface area contributed by atoms with E-state index < -0.39 is 15.4 Å². The molecule has 1 N–H and O–H groups in total. The predicted molar refractivity (Wildman–Crippen MR) is 110 cm³/mol. The van der Waals surface area contributed by atoms with Crippen LogP contribution in [0.3, 0.4) is 0 Å². The zero-order valence-electron chi connectivity index (χ0n) is 17.1. The summed E-state index contributed by atoms with van der Waals surface area (Å²) < 4.78 is 42.3. The van der Waals surface area contributed by atoms with E-state index in [1.165, 1.54) is 12.1 Å². The van der Waals surface area contributed by atoms with Crippen molar-refractivity contribution in [3.8, 4) is 5.75 Å². The van der Waals surface area contributed by atoms with E-state index in [-0.39, 0.29) is 36.7 Å². The largest absolute Gasteiger partial charge is 0.382 e. The molecule has 0 aliphatic carbocycles. The maximum Gasteiger partial charge on any atom is 0.318 e. The van der Waals surface area contributed by atoms with Gasteiger partial charge in [0.1, 0.15) is 11.6 Å². The SMILES string of the molecule is CC(C)NC(=O)N(Cc1ccc(F)cc1)Cc1cccc(OS(=O)(=O)C(C)C)c1. The lowest BCUT2D eigenvalue weighted by atomic mass is 10.1. The lowest BCUT2D eigenvalue weighted by Gasteiger charge is -2.25. The van der Waals surface area contributed by atoms with Gasteiger partial charge in [-0.1, -0.05) is 24.3 Å². The first-order valence-electron chi connectivity index (χ1n) is 9.39. The molecule has 0 saturated carbocycles. The minimum atomic E-state index is -3.71. The summed E-state index contributed by atoms with van der Waals surface area (Å²) in [7, 11) is -3.71. The lowest BCUT2D eigenvalue weighted by molar-refractivity contribution is 0.189. The van der Waals surface area contributed by atoms with E-state index in [1.807, 2.05) is 13.8 Å². The van der Waals surface area contributed by atoms with Crippen molar-refractivity contribution >= 4 is 16.1 Å². The number of nitrogens with one attached hydrogen (secondary N) is 1. The van der Waals surface area contributed by atoms with Crippen LogP contribution < -0.4 is 9.50 Å². The van der Waals surface area contributed by atoms with E-state index in [1.54, 1.807) is 55.1 Å². The summed E-state index contributed by atoms with van der Waals surface area (Å²) in [5, 5.41) is 2.18. The molecule has 0 bridgehead atoms. The number of hydrogen-bond donors (Lipinski definition) is 1. The number of nitrogens with zero attached hydrogens (tertiary/aromatic N) is 1. The molecule has 6 nitrogen and oxygen atoms in total. The molecule has 0 aliphatic rings. The van der Waals surface area contributed by atoms with Gasteiger partial charge in [-0.3, -0.25) is 0 Å². The van der Waals surface area contributed by atoms with Gasteiger partial charge in [0.2, 0.25) is 0 Å². The molecule has 8 heteroatoms. The van der Waals surface area contributed by atoms with Crippen LogP contribution in [0.4, 0.5) is 9.18 Å². The average molecular weight is 423 g/mol. The Kier molecular flexibility index (Phi) is 7.61. The van der Waals surface area contributed by atoms with Gasteiger partial charge in [-0.15, -0.1) is 0 Å². The van der Waals surface area contributed by atoms with Crippen LogP contribution >= 0.6 is 0 Å². The number of amides is 2. The molecule has 0 atom stereocenters. The minimum Gasteiger partial charge on any atom is -0.382 e. The summed E-state index contributed by atoms with van der Waals surface area (Å²) in [5.41, 5.74) is 1.49. The highest BCUT2D eigenvalue weighted by Crippen LogP contribution is 2.19. The number of hydrogen-bond acceptors (Lipinski definition) is 4. The van der Waals surface area contributed by atoms with E-state index in [9.17, 15) is 17.6 Å². The molecule has 2 amide bonds. The van der Waals surface area contributed by atoms with Crippen molar-refractivity contribution in [3.05, 3.63) is 65.5 Å². The van der Waals surface area contributed by atoms with Crippen molar-refractivity contribution in [1.82, 2.24) is 10.2 Å². The Labute approximate surface area is 171 Å². The molecule has 2 aromatic rings. The summed E-state index contributed by atoms with van der Waals surface area (Å²) in [5.74, 6) is -0.148. The minimum absolute atomic E-state index is 0.0518. The van der Waals surface area contributed by atoms with Crippen LogP contribution in [0.25, 0.3) is 0 Å². The third-order valence-electron chi connectivity index (χ3n) is 4.05. The van der Waals surface area contributed by atoms with Crippen LogP contribution in [0.2, 0.25) is 0 Å². The molecule has 0 fully saturated rings. The Morgan fingerprint density at radius 3 is 2.24 bits per heavy atom.